The van der Waals surface area contributed by atoms with Crippen LogP contribution in [0.5, 0.6) is 5.75 Å². The minimum Gasteiger partial charge on any atom is -0.494 e. The number of aryl methyl sites for hydroxylation is 1. The highest BCUT2D eigenvalue weighted by Gasteiger charge is 2.31. The molecule has 2 aromatic heterocycles. The quantitative estimate of drug-likeness (QED) is 0.166. The van der Waals surface area contributed by atoms with Crippen LogP contribution in [0.2, 0.25) is 0 Å². The van der Waals surface area contributed by atoms with Crippen molar-refractivity contribution in [3.05, 3.63) is 71.7 Å². The largest absolute Gasteiger partial charge is 0.494 e. The zero-order chi connectivity index (χ0) is 37.9. The van der Waals surface area contributed by atoms with Gasteiger partial charge in [0.15, 0.2) is 23.0 Å². The Morgan fingerprint density at radius 2 is 1.81 bits per heavy atom. The highest BCUT2D eigenvalue weighted by Crippen LogP contribution is 2.32. The molecule has 52 heavy (non-hydrogen) atoms. The summed E-state index contributed by atoms with van der Waals surface area (Å²) < 4.78 is 35.7. The molecular weight excluding hydrogens is 682 g/mol. The van der Waals surface area contributed by atoms with E-state index < -0.39 is 23.6 Å². The molecule has 2 amide bonds. The van der Waals surface area contributed by atoms with Crippen molar-refractivity contribution in [1.29, 1.82) is 0 Å². The number of nitrogens with two attached hydrogens (primary N) is 1. The van der Waals surface area contributed by atoms with Crippen molar-refractivity contribution in [2.75, 3.05) is 45.2 Å². The summed E-state index contributed by atoms with van der Waals surface area (Å²) in [7, 11) is 1.28. The first kappa shape index (κ1) is 39.1. The van der Waals surface area contributed by atoms with Gasteiger partial charge in [-0.2, -0.15) is 4.39 Å². The lowest BCUT2D eigenvalue weighted by molar-refractivity contribution is -0.138. The van der Waals surface area contributed by atoms with Crippen LogP contribution in [0.4, 0.5) is 20.3 Å². The van der Waals surface area contributed by atoms with Crippen LogP contribution in [0.1, 0.15) is 42.1 Å². The molecule has 2 aliphatic heterocycles. The summed E-state index contributed by atoms with van der Waals surface area (Å²) in [6.07, 6.45) is 6.99. The number of carbonyl (C=O) groups is 4. The first-order chi connectivity index (χ1) is 24.9. The predicted molar refractivity (Wildman–Crippen MR) is 187 cm³/mol. The first-order valence-corrected chi connectivity index (χ1v) is 16.5. The molecule has 0 saturated carbocycles. The molecule has 0 bridgehead atoms. The number of nitrogens with one attached hydrogen (secondary N) is 2. The van der Waals surface area contributed by atoms with Gasteiger partial charge in [0.2, 0.25) is 11.7 Å². The zero-order valence-corrected chi connectivity index (χ0v) is 29.0. The van der Waals surface area contributed by atoms with E-state index in [0.29, 0.717) is 61.0 Å². The molecule has 0 aliphatic carbocycles. The molecule has 2 atom stereocenters. The Kier molecular flexibility index (Phi) is 13.5. The number of carboxylic acids is 1. The van der Waals surface area contributed by atoms with Crippen LogP contribution in [0.15, 0.2) is 48.9 Å². The molecule has 278 valence electrons. The maximum Gasteiger partial charge on any atom is 0.320 e. The summed E-state index contributed by atoms with van der Waals surface area (Å²) in [4.78, 5) is 56.6. The molecule has 2 aromatic carbocycles. The Balaban J connectivity index is 0.000000536. The van der Waals surface area contributed by atoms with Gasteiger partial charge in [-0.05, 0) is 68.6 Å². The number of halogens is 2. The van der Waals surface area contributed by atoms with E-state index in [2.05, 4.69) is 20.6 Å². The van der Waals surface area contributed by atoms with Gasteiger partial charge in [0.1, 0.15) is 6.04 Å². The van der Waals surface area contributed by atoms with Crippen molar-refractivity contribution < 1.29 is 42.9 Å². The molecule has 0 radical (unpaired) electrons. The number of rotatable bonds is 8. The van der Waals surface area contributed by atoms with Gasteiger partial charge >= 0.3 is 5.97 Å². The predicted octanol–water partition coefficient (Wildman–Crippen LogP) is 3.28. The number of aliphatic carboxylic acids is 1. The van der Waals surface area contributed by atoms with Crippen molar-refractivity contribution in [3.63, 3.8) is 0 Å². The van der Waals surface area contributed by atoms with Gasteiger partial charge in [-0.1, -0.05) is 6.92 Å². The number of fused-ring (bicyclic) bond motifs is 1. The molecule has 2 fully saturated rings. The highest BCUT2D eigenvalue weighted by atomic mass is 19.2. The fraction of sp³-hybridized carbons (Fsp3) is 0.371. The van der Waals surface area contributed by atoms with Crippen molar-refractivity contribution in [3.8, 4) is 17.0 Å². The van der Waals surface area contributed by atoms with Crippen LogP contribution < -0.4 is 21.1 Å². The van der Waals surface area contributed by atoms with Gasteiger partial charge in [-0.25, -0.2) is 14.4 Å². The monoisotopic (exact) mass is 724 g/mol. The average Bonchev–Trinajstić information content (AvgIpc) is 3.84. The molecule has 6 N–H and O–H groups in total. The Hall–Kier alpha value is -5.68. The van der Waals surface area contributed by atoms with E-state index in [1.165, 1.54) is 31.6 Å². The molecule has 4 heterocycles. The number of methoxy groups -OCH3 is 1. The molecular formula is C35H42F2N8O7. The van der Waals surface area contributed by atoms with Crippen LogP contribution >= 0.6 is 0 Å². The Bertz CT molecular complexity index is 1890. The Morgan fingerprint density at radius 3 is 2.38 bits per heavy atom. The van der Waals surface area contributed by atoms with Gasteiger partial charge in [-0.3, -0.25) is 23.6 Å². The summed E-state index contributed by atoms with van der Waals surface area (Å²) in [5.74, 6) is -2.74. The maximum atomic E-state index is 14.8. The maximum absolute atomic E-state index is 14.8. The topological polar surface area (TPSA) is 205 Å². The van der Waals surface area contributed by atoms with E-state index in [1.54, 1.807) is 34.6 Å². The van der Waals surface area contributed by atoms with Crippen LogP contribution in [0.25, 0.3) is 16.9 Å². The number of ether oxygens (including phenoxy) is 1. The summed E-state index contributed by atoms with van der Waals surface area (Å²) in [6.45, 7) is 6.25. The normalized spacial score (nSPS) is 15.8. The minimum absolute atomic E-state index is 0.0389. The van der Waals surface area contributed by atoms with Gasteiger partial charge in [-0.15, -0.1) is 0 Å². The van der Waals surface area contributed by atoms with Crippen molar-refractivity contribution in [2.24, 2.45) is 5.73 Å². The van der Waals surface area contributed by atoms with E-state index in [-0.39, 0.29) is 35.6 Å². The molecule has 0 unspecified atom stereocenters. The number of hydrogen-bond acceptors (Lipinski definition) is 10. The summed E-state index contributed by atoms with van der Waals surface area (Å²) in [5.41, 5.74) is 7.89. The van der Waals surface area contributed by atoms with Crippen molar-refractivity contribution in [1.82, 2.24) is 29.5 Å². The lowest BCUT2D eigenvalue weighted by Gasteiger charge is -2.36. The number of benzene rings is 2. The molecule has 6 rings (SSSR count). The third kappa shape index (κ3) is 8.96. The fourth-order valence-electron chi connectivity index (χ4n) is 5.80. The fourth-order valence-corrected chi connectivity index (χ4v) is 5.80. The molecule has 15 nitrogen and oxygen atoms in total. The van der Waals surface area contributed by atoms with E-state index in [9.17, 15) is 23.2 Å². The molecule has 0 spiro atoms. The standard InChI is InChI=1S/C30H31F2N7O3.C4H9NO2.CH2O2/c1-18-16-19(5-6-20(18)29(40)37-12-14-38(15-13-37)30(41)22-4-3-9-33-22)36-27-28-35-17-23(39(28)11-10-34-27)21-7-8-24(42-2)26(32)25(21)31;1-2-3(5)4(6)7;2-1-3/h5-8,10-11,16-17,22,33H,3-4,9,12-15H2,1-2H3,(H,34,36);3H,2,5H2,1H3,(H,6,7);1H,(H,2,3)/t22-;3-;/m00./s1. The van der Waals surface area contributed by atoms with E-state index >= 15 is 0 Å². The smallest absolute Gasteiger partial charge is 0.320 e. The van der Waals surface area contributed by atoms with Crippen molar-refractivity contribution >= 4 is 41.4 Å². The van der Waals surface area contributed by atoms with E-state index in [4.69, 9.17) is 25.5 Å². The van der Waals surface area contributed by atoms with Crippen LogP contribution in [0, 0.1) is 18.6 Å². The third-order valence-corrected chi connectivity index (χ3v) is 8.68. The Morgan fingerprint density at radius 1 is 1.12 bits per heavy atom. The van der Waals surface area contributed by atoms with E-state index in [1.807, 2.05) is 17.9 Å². The lowest BCUT2D eigenvalue weighted by Crippen LogP contribution is -2.54. The van der Waals surface area contributed by atoms with Crippen molar-refractivity contribution in [2.45, 2.75) is 45.2 Å². The van der Waals surface area contributed by atoms with E-state index in [0.717, 1.165) is 24.9 Å². The number of hydrogen-bond donors (Lipinski definition) is 5. The summed E-state index contributed by atoms with van der Waals surface area (Å²) >= 11 is 0. The number of nitrogens with zero attached hydrogens (tertiary/aromatic N) is 5. The second kappa shape index (κ2) is 18.0. The van der Waals surface area contributed by atoms with Crippen LogP contribution in [0.3, 0.4) is 0 Å². The number of amides is 2. The molecule has 2 saturated heterocycles. The lowest BCUT2D eigenvalue weighted by atomic mass is 10.1. The molecule has 4 aromatic rings. The second-order valence-electron chi connectivity index (χ2n) is 11.9. The number of carboxylic acid groups (broad SMARTS) is 2. The second-order valence-corrected chi connectivity index (χ2v) is 11.9. The zero-order valence-electron chi connectivity index (χ0n) is 29.0. The first-order valence-electron chi connectivity index (χ1n) is 16.5. The number of imidazole rings is 1. The summed E-state index contributed by atoms with van der Waals surface area (Å²) in [6, 6.07) is 7.44. The molecule has 17 heteroatoms. The van der Waals surface area contributed by atoms with Crippen LogP contribution in [-0.4, -0.2) is 111 Å². The number of anilines is 2. The Labute approximate surface area is 298 Å². The molecule has 2 aliphatic rings. The van der Waals surface area contributed by atoms with Gasteiger partial charge in [0.25, 0.3) is 12.4 Å². The number of aromatic nitrogens is 3. The average molecular weight is 725 g/mol. The summed E-state index contributed by atoms with van der Waals surface area (Å²) in [5, 5.41) is 21.4. The van der Waals surface area contributed by atoms with Gasteiger partial charge in [0.05, 0.1) is 25.0 Å². The van der Waals surface area contributed by atoms with Gasteiger partial charge in [0, 0.05) is 55.4 Å². The van der Waals surface area contributed by atoms with Crippen LogP contribution in [-0.2, 0) is 14.4 Å². The minimum atomic E-state index is -1.07. The highest BCUT2D eigenvalue weighted by molar-refractivity contribution is 5.96. The number of piperazine rings is 1. The SMILES string of the molecule is CC[C@H](N)C(=O)O.COc1ccc(-c2cnc3c(Nc4ccc(C(=O)N5CCN(C(=O)[C@@H]6CCCN6)CC5)c(C)c4)nccn23)c(F)c1F.O=CO. The van der Waals surface area contributed by atoms with Gasteiger partial charge < -0.3 is 41.1 Å². The number of carbonyl (C=O) groups excluding carboxylic acids is 2. The third-order valence-electron chi connectivity index (χ3n) is 8.68.